The van der Waals surface area contributed by atoms with Gasteiger partial charge in [0.25, 0.3) is 0 Å². The fraction of sp³-hybridized carbons (Fsp3) is 0.467. The molecule has 3 N–H and O–H groups in total. The summed E-state index contributed by atoms with van der Waals surface area (Å²) in [7, 11) is 0. The van der Waals surface area contributed by atoms with E-state index in [-0.39, 0.29) is 11.8 Å². The summed E-state index contributed by atoms with van der Waals surface area (Å²) in [5.74, 6) is -0.0910. The molecule has 0 aliphatic rings. The van der Waals surface area contributed by atoms with E-state index < -0.39 is 0 Å². The van der Waals surface area contributed by atoms with Gasteiger partial charge in [-0.25, -0.2) is 0 Å². The number of nitrogens with one attached hydrogen (secondary N) is 3. The molecule has 0 aromatic heterocycles. The molecule has 20 heavy (non-hydrogen) atoms. The second-order valence-corrected chi connectivity index (χ2v) is 4.89. The maximum Gasteiger partial charge on any atom is 0.225 e. The summed E-state index contributed by atoms with van der Waals surface area (Å²) in [4.78, 5) is 23.1. The molecule has 0 aliphatic carbocycles. The largest absolute Gasteiger partial charge is 0.326 e. The lowest BCUT2D eigenvalue weighted by Gasteiger charge is -2.10. The highest BCUT2D eigenvalue weighted by atomic mass is 16.2. The van der Waals surface area contributed by atoms with Crippen molar-refractivity contribution in [2.24, 2.45) is 0 Å². The second kappa shape index (κ2) is 8.32. The summed E-state index contributed by atoms with van der Waals surface area (Å²) in [5.41, 5.74) is 1.38. The Bertz CT molecular complexity index is 458. The molecule has 0 spiro atoms. The van der Waals surface area contributed by atoms with Gasteiger partial charge in [0.2, 0.25) is 11.8 Å². The molecule has 0 heterocycles. The van der Waals surface area contributed by atoms with Crippen molar-refractivity contribution < 1.29 is 9.59 Å². The summed E-state index contributed by atoms with van der Waals surface area (Å²) in [6.07, 6.45) is 0.848. The number of benzene rings is 1. The summed E-state index contributed by atoms with van der Waals surface area (Å²) in [6.45, 7) is 6.52. The second-order valence-electron chi connectivity index (χ2n) is 4.89. The van der Waals surface area contributed by atoms with Crippen LogP contribution in [0.3, 0.4) is 0 Å². The summed E-state index contributed by atoms with van der Waals surface area (Å²) >= 11 is 0. The van der Waals surface area contributed by atoms with Crippen molar-refractivity contribution in [1.29, 1.82) is 0 Å². The van der Waals surface area contributed by atoms with Gasteiger partial charge in [-0.2, -0.15) is 0 Å². The van der Waals surface area contributed by atoms with Gasteiger partial charge in [-0.15, -0.1) is 0 Å². The summed E-state index contributed by atoms with van der Waals surface area (Å²) in [6, 6.07) is 7.52. The molecular weight excluding hydrogens is 254 g/mol. The van der Waals surface area contributed by atoms with Crippen LogP contribution in [0.4, 0.5) is 11.4 Å². The van der Waals surface area contributed by atoms with Crippen LogP contribution < -0.4 is 16.0 Å². The SMILES string of the molecule is CCC(=O)Nc1cccc(NC(=O)CCNC(C)C)c1. The molecule has 1 rings (SSSR count). The predicted octanol–water partition coefficient (Wildman–Crippen LogP) is 2.36. The number of hydrogen-bond acceptors (Lipinski definition) is 3. The lowest BCUT2D eigenvalue weighted by atomic mass is 10.2. The van der Waals surface area contributed by atoms with Crippen LogP contribution in [0.5, 0.6) is 0 Å². The van der Waals surface area contributed by atoms with Crippen LogP contribution in [0.25, 0.3) is 0 Å². The van der Waals surface area contributed by atoms with E-state index >= 15 is 0 Å². The number of hydrogen-bond donors (Lipinski definition) is 3. The molecule has 0 fully saturated rings. The van der Waals surface area contributed by atoms with E-state index in [1.807, 2.05) is 13.8 Å². The number of anilines is 2. The van der Waals surface area contributed by atoms with E-state index in [2.05, 4.69) is 16.0 Å². The van der Waals surface area contributed by atoms with E-state index in [0.717, 1.165) is 0 Å². The van der Waals surface area contributed by atoms with Crippen LogP contribution in [-0.4, -0.2) is 24.4 Å². The van der Waals surface area contributed by atoms with Gasteiger partial charge in [0.05, 0.1) is 0 Å². The molecule has 0 atom stereocenters. The Hall–Kier alpha value is -1.88. The lowest BCUT2D eigenvalue weighted by Crippen LogP contribution is -2.27. The molecule has 0 bridgehead atoms. The number of amides is 2. The average Bonchev–Trinajstić information content (AvgIpc) is 2.38. The smallest absolute Gasteiger partial charge is 0.225 e. The Labute approximate surface area is 120 Å². The standard InChI is InChI=1S/C15H23N3O2/c1-4-14(19)17-12-6-5-7-13(10-12)18-15(20)8-9-16-11(2)3/h5-7,10-11,16H,4,8-9H2,1-3H3,(H,17,19)(H,18,20). The summed E-state index contributed by atoms with van der Waals surface area (Å²) < 4.78 is 0. The minimum Gasteiger partial charge on any atom is -0.326 e. The van der Waals surface area contributed by atoms with E-state index in [9.17, 15) is 9.59 Å². The van der Waals surface area contributed by atoms with E-state index in [4.69, 9.17) is 0 Å². The van der Waals surface area contributed by atoms with E-state index in [1.165, 1.54) is 0 Å². The van der Waals surface area contributed by atoms with Gasteiger partial charge in [0, 0.05) is 36.8 Å². The fourth-order valence-electron chi connectivity index (χ4n) is 1.62. The van der Waals surface area contributed by atoms with Crippen molar-refractivity contribution in [1.82, 2.24) is 5.32 Å². The zero-order chi connectivity index (χ0) is 15.0. The molecule has 0 saturated heterocycles. The van der Waals surface area contributed by atoms with E-state index in [0.29, 0.717) is 36.8 Å². The molecule has 2 amide bonds. The zero-order valence-corrected chi connectivity index (χ0v) is 12.3. The topological polar surface area (TPSA) is 70.2 Å². The predicted molar refractivity (Wildman–Crippen MR) is 81.7 cm³/mol. The van der Waals surface area contributed by atoms with Crippen molar-refractivity contribution >= 4 is 23.2 Å². The van der Waals surface area contributed by atoms with Crippen molar-refractivity contribution in [3.63, 3.8) is 0 Å². The Morgan fingerprint density at radius 1 is 1.10 bits per heavy atom. The normalized spacial score (nSPS) is 10.4. The van der Waals surface area contributed by atoms with Gasteiger partial charge in [-0.05, 0) is 18.2 Å². The van der Waals surface area contributed by atoms with Crippen LogP contribution in [-0.2, 0) is 9.59 Å². The van der Waals surface area contributed by atoms with Crippen molar-refractivity contribution in [3.05, 3.63) is 24.3 Å². The average molecular weight is 277 g/mol. The third-order valence-corrected chi connectivity index (χ3v) is 2.66. The Morgan fingerprint density at radius 2 is 1.70 bits per heavy atom. The number of carbonyl (C=O) groups excluding carboxylic acids is 2. The number of carbonyl (C=O) groups is 2. The van der Waals surface area contributed by atoms with Crippen LogP contribution >= 0.6 is 0 Å². The molecule has 0 aliphatic heterocycles. The van der Waals surface area contributed by atoms with Crippen LogP contribution in [0.15, 0.2) is 24.3 Å². The Balaban J connectivity index is 2.49. The molecule has 0 saturated carbocycles. The first-order valence-electron chi connectivity index (χ1n) is 6.94. The van der Waals surface area contributed by atoms with Gasteiger partial charge in [0.15, 0.2) is 0 Å². The monoisotopic (exact) mass is 277 g/mol. The molecule has 1 aromatic carbocycles. The van der Waals surface area contributed by atoms with Crippen LogP contribution in [0.2, 0.25) is 0 Å². The third kappa shape index (κ3) is 6.33. The summed E-state index contributed by atoms with van der Waals surface area (Å²) in [5, 5.41) is 8.77. The first-order valence-corrected chi connectivity index (χ1v) is 6.94. The molecule has 5 heteroatoms. The fourth-order valence-corrected chi connectivity index (χ4v) is 1.62. The van der Waals surface area contributed by atoms with Crippen molar-refractivity contribution in [2.45, 2.75) is 39.7 Å². The highest BCUT2D eigenvalue weighted by Crippen LogP contribution is 2.15. The van der Waals surface area contributed by atoms with Gasteiger partial charge >= 0.3 is 0 Å². The molecule has 1 aromatic rings. The number of rotatable bonds is 7. The van der Waals surface area contributed by atoms with Crippen molar-refractivity contribution in [2.75, 3.05) is 17.2 Å². The van der Waals surface area contributed by atoms with Crippen LogP contribution in [0, 0.1) is 0 Å². The quantitative estimate of drug-likeness (QED) is 0.716. The third-order valence-electron chi connectivity index (χ3n) is 2.66. The maximum absolute atomic E-state index is 11.7. The highest BCUT2D eigenvalue weighted by Gasteiger charge is 2.04. The molecule has 0 unspecified atom stereocenters. The molecule has 5 nitrogen and oxygen atoms in total. The van der Waals surface area contributed by atoms with Crippen LogP contribution in [0.1, 0.15) is 33.6 Å². The van der Waals surface area contributed by atoms with Gasteiger partial charge in [-0.3, -0.25) is 9.59 Å². The van der Waals surface area contributed by atoms with Crippen molar-refractivity contribution in [3.8, 4) is 0 Å². The van der Waals surface area contributed by atoms with E-state index in [1.54, 1.807) is 31.2 Å². The zero-order valence-electron chi connectivity index (χ0n) is 12.3. The molecular formula is C15H23N3O2. The minimum absolute atomic E-state index is 0.0443. The molecule has 110 valence electrons. The Kier molecular flexibility index (Phi) is 6.73. The minimum atomic E-state index is -0.0467. The molecule has 0 radical (unpaired) electrons. The van der Waals surface area contributed by atoms with Gasteiger partial charge in [-0.1, -0.05) is 26.8 Å². The first kappa shape index (κ1) is 16.2. The first-order chi connectivity index (χ1) is 9.51. The maximum atomic E-state index is 11.7. The lowest BCUT2D eigenvalue weighted by molar-refractivity contribution is -0.116. The van der Waals surface area contributed by atoms with Gasteiger partial charge < -0.3 is 16.0 Å². The van der Waals surface area contributed by atoms with Gasteiger partial charge in [0.1, 0.15) is 0 Å². The highest BCUT2D eigenvalue weighted by molar-refractivity contribution is 5.94. The Morgan fingerprint density at radius 3 is 2.25 bits per heavy atom.